The SMILES string of the molecule is COc1cc(OC)c(CNC(=O)c2ccc(Br)cc2F)c(OC)c1. The van der Waals surface area contributed by atoms with Crippen LogP contribution in [0.3, 0.4) is 0 Å². The van der Waals surface area contributed by atoms with Crippen LogP contribution in [0.4, 0.5) is 4.39 Å². The maximum atomic E-state index is 13.9. The van der Waals surface area contributed by atoms with Crippen molar-refractivity contribution in [3.05, 3.63) is 51.7 Å². The molecule has 0 saturated carbocycles. The first-order chi connectivity index (χ1) is 11.5. The summed E-state index contributed by atoms with van der Waals surface area (Å²) >= 11 is 3.16. The van der Waals surface area contributed by atoms with Crippen molar-refractivity contribution in [2.75, 3.05) is 21.3 Å². The van der Waals surface area contributed by atoms with Gasteiger partial charge in [0.15, 0.2) is 0 Å². The van der Waals surface area contributed by atoms with Gasteiger partial charge in [-0.15, -0.1) is 0 Å². The summed E-state index contributed by atoms with van der Waals surface area (Å²) in [5.41, 5.74) is 0.594. The number of halogens is 2. The Kier molecular flexibility index (Phi) is 6.03. The molecule has 0 aliphatic carbocycles. The van der Waals surface area contributed by atoms with Gasteiger partial charge in [0, 0.05) is 16.6 Å². The van der Waals surface area contributed by atoms with Crippen molar-refractivity contribution in [2.24, 2.45) is 0 Å². The zero-order valence-electron chi connectivity index (χ0n) is 13.5. The van der Waals surface area contributed by atoms with E-state index in [1.807, 2.05) is 0 Å². The first kappa shape index (κ1) is 18.1. The number of carbonyl (C=O) groups is 1. The van der Waals surface area contributed by atoms with E-state index < -0.39 is 11.7 Å². The maximum absolute atomic E-state index is 13.9. The van der Waals surface area contributed by atoms with Crippen LogP contribution in [0, 0.1) is 5.82 Å². The Morgan fingerprint density at radius 2 is 1.71 bits per heavy atom. The maximum Gasteiger partial charge on any atom is 0.254 e. The lowest BCUT2D eigenvalue weighted by Crippen LogP contribution is -2.24. The average molecular weight is 398 g/mol. The van der Waals surface area contributed by atoms with E-state index in [0.29, 0.717) is 27.3 Å². The molecule has 0 aromatic heterocycles. The zero-order chi connectivity index (χ0) is 17.7. The van der Waals surface area contributed by atoms with E-state index in [9.17, 15) is 9.18 Å². The van der Waals surface area contributed by atoms with Gasteiger partial charge in [-0.25, -0.2) is 4.39 Å². The molecule has 0 aliphatic rings. The van der Waals surface area contributed by atoms with Crippen LogP contribution in [0.5, 0.6) is 17.2 Å². The number of ether oxygens (including phenoxy) is 3. The summed E-state index contributed by atoms with van der Waals surface area (Å²) in [5.74, 6) is 0.443. The first-order valence-electron chi connectivity index (χ1n) is 7.02. The molecule has 2 aromatic carbocycles. The molecule has 7 heteroatoms. The van der Waals surface area contributed by atoms with Crippen LogP contribution in [-0.2, 0) is 6.54 Å². The highest BCUT2D eigenvalue weighted by Gasteiger charge is 2.16. The lowest BCUT2D eigenvalue weighted by molar-refractivity contribution is 0.0946. The monoisotopic (exact) mass is 397 g/mol. The zero-order valence-corrected chi connectivity index (χ0v) is 15.1. The third-order valence-corrected chi connectivity index (χ3v) is 3.91. The summed E-state index contributed by atoms with van der Waals surface area (Å²) in [6, 6.07) is 7.63. The van der Waals surface area contributed by atoms with Crippen molar-refractivity contribution >= 4 is 21.8 Å². The van der Waals surface area contributed by atoms with Crippen molar-refractivity contribution in [1.82, 2.24) is 5.32 Å². The van der Waals surface area contributed by atoms with Gasteiger partial charge < -0.3 is 19.5 Å². The van der Waals surface area contributed by atoms with Crippen molar-refractivity contribution in [2.45, 2.75) is 6.54 Å². The molecule has 0 aliphatic heterocycles. The molecule has 2 rings (SSSR count). The van der Waals surface area contributed by atoms with Crippen LogP contribution in [-0.4, -0.2) is 27.2 Å². The van der Waals surface area contributed by atoms with Crippen molar-refractivity contribution in [3.8, 4) is 17.2 Å². The standard InChI is InChI=1S/C17H17BrFNO4/c1-22-11-7-15(23-2)13(16(8-11)24-3)9-20-17(21)12-5-4-10(18)6-14(12)19/h4-8H,9H2,1-3H3,(H,20,21). The number of carbonyl (C=O) groups excluding carboxylic acids is 1. The summed E-state index contributed by atoms with van der Waals surface area (Å²) in [6.45, 7) is 0.116. The highest BCUT2D eigenvalue weighted by Crippen LogP contribution is 2.33. The minimum absolute atomic E-state index is 0.0374. The van der Waals surface area contributed by atoms with E-state index >= 15 is 0 Å². The van der Waals surface area contributed by atoms with Gasteiger partial charge in [0.25, 0.3) is 5.91 Å². The van der Waals surface area contributed by atoms with Crippen LogP contribution in [0.25, 0.3) is 0 Å². The fraction of sp³-hybridized carbons (Fsp3) is 0.235. The summed E-state index contributed by atoms with van der Waals surface area (Å²) in [5, 5.41) is 2.67. The van der Waals surface area contributed by atoms with Crippen molar-refractivity contribution in [3.63, 3.8) is 0 Å². The van der Waals surface area contributed by atoms with Crippen LogP contribution in [0.15, 0.2) is 34.8 Å². The van der Waals surface area contributed by atoms with Gasteiger partial charge >= 0.3 is 0 Å². The van der Waals surface area contributed by atoms with E-state index in [1.165, 1.54) is 33.5 Å². The lowest BCUT2D eigenvalue weighted by atomic mass is 10.1. The van der Waals surface area contributed by atoms with Crippen LogP contribution in [0.2, 0.25) is 0 Å². The summed E-state index contributed by atoms with van der Waals surface area (Å²) in [7, 11) is 4.55. The van der Waals surface area contributed by atoms with Gasteiger partial charge in [0.1, 0.15) is 23.1 Å². The summed E-state index contributed by atoms with van der Waals surface area (Å²) in [4.78, 5) is 12.2. The molecule has 0 radical (unpaired) electrons. The average Bonchev–Trinajstić information content (AvgIpc) is 2.58. The van der Waals surface area contributed by atoms with E-state index in [4.69, 9.17) is 14.2 Å². The predicted molar refractivity (Wildman–Crippen MR) is 91.4 cm³/mol. The Bertz CT molecular complexity index is 726. The molecule has 128 valence electrons. The number of hydrogen-bond donors (Lipinski definition) is 1. The molecule has 1 amide bonds. The fourth-order valence-corrected chi connectivity index (χ4v) is 2.52. The molecule has 1 N–H and O–H groups in total. The third kappa shape index (κ3) is 3.97. The van der Waals surface area contributed by atoms with E-state index in [2.05, 4.69) is 21.2 Å². The van der Waals surface area contributed by atoms with Gasteiger partial charge in [-0.1, -0.05) is 15.9 Å². The predicted octanol–water partition coefficient (Wildman–Crippen LogP) is 3.54. The van der Waals surface area contributed by atoms with Gasteiger partial charge in [0.2, 0.25) is 0 Å². The molecule has 0 heterocycles. The highest BCUT2D eigenvalue weighted by atomic mass is 79.9. The third-order valence-electron chi connectivity index (χ3n) is 3.42. The Morgan fingerprint density at radius 3 is 2.21 bits per heavy atom. The number of methoxy groups -OCH3 is 3. The van der Waals surface area contributed by atoms with Crippen LogP contribution < -0.4 is 19.5 Å². The normalized spacial score (nSPS) is 10.2. The molecule has 0 saturated heterocycles. The molecule has 0 atom stereocenters. The highest BCUT2D eigenvalue weighted by molar-refractivity contribution is 9.10. The molecule has 2 aromatic rings. The summed E-state index contributed by atoms with van der Waals surface area (Å²) in [6.07, 6.45) is 0. The van der Waals surface area contributed by atoms with Crippen LogP contribution >= 0.6 is 15.9 Å². The van der Waals surface area contributed by atoms with Crippen molar-refractivity contribution < 1.29 is 23.4 Å². The quantitative estimate of drug-likeness (QED) is 0.809. The lowest BCUT2D eigenvalue weighted by Gasteiger charge is -2.15. The topological polar surface area (TPSA) is 56.8 Å². The van der Waals surface area contributed by atoms with Gasteiger partial charge in [-0.05, 0) is 18.2 Å². The Balaban J connectivity index is 2.23. The minimum Gasteiger partial charge on any atom is -0.496 e. The minimum atomic E-state index is -0.601. The Labute approximate surface area is 147 Å². The molecule has 0 spiro atoms. The number of rotatable bonds is 6. The number of hydrogen-bond acceptors (Lipinski definition) is 4. The van der Waals surface area contributed by atoms with Gasteiger partial charge in [-0.3, -0.25) is 4.79 Å². The Morgan fingerprint density at radius 1 is 1.08 bits per heavy atom. The molecule has 0 bridgehead atoms. The molecule has 5 nitrogen and oxygen atoms in total. The molecule has 0 fully saturated rings. The second-order valence-electron chi connectivity index (χ2n) is 4.82. The van der Waals surface area contributed by atoms with Gasteiger partial charge in [0.05, 0.1) is 39.0 Å². The number of benzene rings is 2. The second-order valence-corrected chi connectivity index (χ2v) is 5.73. The van der Waals surface area contributed by atoms with E-state index in [-0.39, 0.29) is 12.1 Å². The number of amides is 1. The molecular formula is C17H17BrFNO4. The fourth-order valence-electron chi connectivity index (χ4n) is 2.19. The summed E-state index contributed by atoms with van der Waals surface area (Å²) < 4.78 is 30.2. The van der Waals surface area contributed by atoms with Gasteiger partial charge in [-0.2, -0.15) is 0 Å². The van der Waals surface area contributed by atoms with E-state index in [1.54, 1.807) is 18.2 Å². The van der Waals surface area contributed by atoms with Crippen LogP contribution in [0.1, 0.15) is 15.9 Å². The Hall–Kier alpha value is -2.28. The molecule has 0 unspecified atom stereocenters. The van der Waals surface area contributed by atoms with Crippen molar-refractivity contribution in [1.29, 1.82) is 0 Å². The largest absolute Gasteiger partial charge is 0.496 e. The number of nitrogens with one attached hydrogen (secondary N) is 1. The molecular weight excluding hydrogens is 381 g/mol. The smallest absolute Gasteiger partial charge is 0.254 e. The first-order valence-corrected chi connectivity index (χ1v) is 7.81. The molecule has 24 heavy (non-hydrogen) atoms. The van der Waals surface area contributed by atoms with E-state index in [0.717, 1.165) is 0 Å². The second kappa shape index (κ2) is 8.01.